The Kier molecular flexibility index (Phi) is 2.02. The fourth-order valence-electron chi connectivity index (χ4n) is 0.997. The Labute approximate surface area is 79.6 Å². The summed E-state index contributed by atoms with van der Waals surface area (Å²) >= 11 is 1.67. The van der Waals surface area contributed by atoms with Gasteiger partial charge in [0.2, 0.25) is 0 Å². The quantitative estimate of drug-likeness (QED) is 0.797. The molecule has 0 amide bonds. The molecule has 0 spiro atoms. The average molecular weight is 195 g/mol. The van der Waals surface area contributed by atoms with E-state index >= 15 is 0 Å². The lowest BCUT2D eigenvalue weighted by molar-refractivity contribution is 0.585. The molecular formula is C8H9N3OS. The largest absolute Gasteiger partial charge is 0.403 e. The highest BCUT2D eigenvalue weighted by Gasteiger charge is 2.07. The minimum atomic E-state index is 0.443. The van der Waals surface area contributed by atoms with E-state index in [2.05, 4.69) is 15.5 Å². The van der Waals surface area contributed by atoms with Crippen LogP contribution in [0.2, 0.25) is 0 Å². The predicted octanol–water partition coefficient (Wildman–Crippen LogP) is 2.15. The van der Waals surface area contributed by atoms with Gasteiger partial charge in [-0.15, -0.1) is 16.4 Å². The molecule has 2 aromatic rings. The van der Waals surface area contributed by atoms with Crippen molar-refractivity contribution in [3.05, 3.63) is 16.3 Å². The molecule has 0 bridgehead atoms. The second-order valence-corrected chi connectivity index (χ2v) is 3.72. The summed E-state index contributed by atoms with van der Waals surface area (Å²) in [5, 5.41) is 12.5. The normalized spacial score (nSPS) is 10.3. The summed E-state index contributed by atoms with van der Waals surface area (Å²) in [6, 6.07) is 2.47. The number of aromatic nitrogens is 2. The second-order valence-electron chi connectivity index (χ2n) is 2.61. The molecule has 0 saturated heterocycles. The van der Waals surface area contributed by atoms with Gasteiger partial charge in [-0.05, 0) is 13.0 Å². The molecular weight excluding hydrogens is 186 g/mol. The fraction of sp³-hybridized carbons (Fsp3) is 0.250. The molecule has 0 radical (unpaired) electrons. The molecule has 13 heavy (non-hydrogen) atoms. The van der Waals surface area contributed by atoms with Crippen molar-refractivity contribution in [2.75, 3.05) is 12.4 Å². The predicted molar refractivity (Wildman–Crippen MR) is 51.9 cm³/mol. The van der Waals surface area contributed by atoms with Crippen molar-refractivity contribution in [3.8, 4) is 11.5 Å². The van der Waals surface area contributed by atoms with Crippen LogP contribution >= 0.6 is 11.3 Å². The van der Waals surface area contributed by atoms with Crippen LogP contribution in [0.4, 0.5) is 6.01 Å². The molecule has 0 atom stereocenters. The van der Waals surface area contributed by atoms with Gasteiger partial charge in [0.05, 0.1) is 0 Å². The number of aryl methyl sites for hydroxylation is 1. The van der Waals surface area contributed by atoms with Gasteiger partial charge in [0.15, 0.2) is 0 Å². The topological polar surface area (TPSA) is 51.0 Å². The molecule has 4 nitrogen and oxygen atoms in total. The van der Waals surface area contributed by atoms with Crippen molar-refractivity contribution in [1.29, 1.82) is 0 Å². The maximum absolute atomic E-state index is 5.31. The summed E-state index contributed by atoms with van der Waals surface area (Å²) in [5.41, 5.74) is 0.983. The second kappa shape index (κ2) is 3.18. The lowest BCUT2D eigenvalue weighted by atomic mass is 10.3. The molecule has 2 heterocycles. The molecule has 0 saturated carbocycles. The first-order valence-corrected chi connectivity index (χ1v) is 4.74. The van der Waals surface area contributed by atoms with E-state index in [1.54, 1.807) is 18.4 Å². The Morgan fingerprint density at radius 2 is 2.31 bits per heavy atom. The smallest absolute Gasteiger partial charge is 0.315 e. The molecule has 0 aromatic carbocycles. The van der Waals surface area contributed by atoms with Gasteiger partial charge in [-0.2, -0.15) is 0 Å². The Morgan fingerprint density at radius 3 is 2.85 bits per heavy atom. The third-order valence-corrected chi connectivity index (χ3v) is 2.48. The lowest BCUT2D eigenvalue weighted by Crippen LogP contribution is -1.85. The fourth-order valence-corrected chi connectivity index (χ4v) is 1.67. The highest BCUT2D eigenvalue weighted by molar-refractivity contribution is 7.10. The first-order chi connectivity index (χ1) is 6.29. The van der Waals surface area contributed by atoms with Crippen molar-refractivity contribution >= 4 is 17.4 Å². The van der Waals surface area contributed by atoms with Gasteiger partial charge in [0.25, 0.3) is 5.89 Å². The van der Waals surface area contributed by atoms with E-state index in [-0.39, 0.29) is 0 Å². The van der Waals surface area contributed by atoms with Crippen LogP contribution < -0.4 is 5.32 Å². The maximum atomic E-state index is 5.31. The van der Waals surface area contributed by atoms with Crippen molar-refractivity contribution in [2.24, 2.45) is 0 Å². The van der Waals surface area contributed by atoms with Gasteiger partial charge >= 0.3 is 6.01 Å². The van der Waals surface area contributed by atoms with Gasteiger partial charge in [-0.1, -0.05) is 5.10 Å². The lowest BCUT2D eigenvalue weighted by Gasteiger charge is -1.86. The molecule has 5 heteroatoms. The van der Waals surface area contributed by atoms with Crippen LogP contribution in [0.25, 0.3) is 11.5 Å². The van der Waals surface area contributed by atoms with Crippen LogP contribution in [-0.2, 0) is 0 Å². The van der Waals surface area contributed by atoms with E-state index in [0.29, 0.717) is 11.9 Å². The molecule has 1 N–H and O–H groups in total. The van der Waals surface area contributed by atoms with Crippen molar-refractivity contribution in [1.82, 2.24) is 10.2 Å². The number of nitrogens with zero attached hydrogens (tertiary/aromatic N) is 2. The number of anilines is 1. The number of hydrogen-bond acceptors (Lipinski definition) is 5. The number of rotatable bonds is 2. The van der Waals surface area contributed by atoms with Crippen LogP contribution in [0.5, 0.6) is 0 Å². The third kappa shape index (κ3) is 1.55. The van der Waals surface area contributed by atoms with Crippen LogP contribution in [0, 0.1) is 6.92 Å². The molecule has 0 unspecified atom stereocenters. The summed E-state index contributed by atoms with van der Waals surface area (Å²) in [5.74, 6) is 0.564. The highest BCUT2D eigenvalue weighted by atomic mass is 32.1. The standard InChI is InChI=1S/C8H9N3OS/c1-5-3-6(4-13-5)7-10-11-8(9-2)12-7/h3-4H,1-2H3,(H,9,11). The Morgan fingerprint density at radius 1 is 1.46 bits per heavy atom. The van der Waals surface area contributed by atoms with Crippen LogP contribution in [-0.4, -0.2) is 17.2 Å². The van der Waals surface area contributed by atoms with Crippen molar-refractivity contribution in [2.45, 2.75) is 6.92 Å². The number of thiophene rings is 1. The van der Waals surface area contributed by atoms with E-state index in [0.717, 1.165) is 5.56 Å². The summed E-state index contributed by atoms with van der Waals surface area (Å²) in [6.07, 6.45) is 0. The Bertz CT molecular complexity index is 407. The van der Waals surface area contributed by atoms with E-state index in [1.807, 2.05) is 18.4 Å². The highest BCUT2D eigenvalue weighted by Crippen LogP contribution is 2.24. The molecule has 68 valence electrons. The minimum absolute atomic E-state index is 0.443. The van der Waals surface area contributed by atoms with Gasteiger partial charge in [-0.3, -0.25) is 0 Å². The number of nitrogens with one attached hydrogen (secondary N) is 1. The molecule has 0 aliphatic carbocycles. The van der Waals surface area contributed by atoms with Crippen LogP contribution in [0.15, 0.2) is 15.9 Å². The Balaban J connectivity index is 2.35. The first kappa shape index (κ1) is 8.25. The SMILES string of the molecule is CNc1nnc(-c2csc(C)c2)o1. The van der Waals surface area contributed by atoms with Gasteiger partial charge in [0, 0.05) is 22.9 Å². The maximum Gasteiger partial charge on any atom is 0.315 e. The van der Waals surface area contributed by atoms with E-state index in [1.165, 1.54) is 4.88 Å². The van der Waals surface area contributed by atoms with E-state index in [4.69, 9.17) is 4.42 Å². The van der Waals surface area contributed by atoms with Crippen molar-refractivity contribution in [3.63, 3.8) is 0 Å². The first-order valence-electron chi connectivity index (χ1n) is 3.86. The zero-order chi connectivity index (χ0) is 9.26. The van der Waals surface area contributed by atoms with Crippen LogP contribution in [0.1, 0.15) is 4.88 Å². The molecule has 0 aliphatic heterocycles. The van der Waals surface area contributed by atoms with Crippen LogP contribution in [0.3, 0.4) is 0 Å². The molecule has 0 fully saturated rings. The summed E-state index contributed by atoms with van der Waals surface area (Å²) in [4.78, 5) is 1.24. The van der Waals surface area contributed by atoms with Gasteiger partial charge in [-0.25, -0.2) is 0 Å². The number of hydrogen-bond donors (Lipinski definition) is 1. The summed E-state index contributed by atoms with van der Waals surface area (Å²) in [7, 11) is 1.75. The van der Waals surface area contributed by atoms with Gasteiger partial charge in [0.1, 0.15) is 0 Å². The van der Waals surface area contributed by atoms with Crippen molar-refractivity contribution < 1.29 is 4.42 Å². The van der Waals surface area contributed by atoms with E-state index < -0.39 is 0 Å². The minimum Gasteiger partial charge on any atom is -0.403 e. The van der Waals surface area contributed by atoms with E-state index in [9.17, 15) is 0 Å². The molecule has 0 aliphatic rings. The zero-order valence-electron chi connectivity index (χ0n) is 7.37. The van der Waals surface area contributed by atoms with Gasteiger partial charge < -0.3 is 9.73 Å². The zero-order valence-corrected chi connectivity index (χ0v) is 8.18. The average Bonchev–Trinajstić information content (AvgIpc) is 2.71. The third-order valence-electron chi connectivity index (χ3n) is 1.62. The summed E-state index contributed by atoms with van der Waals surface area (Å²) in [6.45, 7) is 2.05. The molecule has 2 rings (SSSR count). The molecule has 2 aromatic heterocycles. The monoisotopic (exact) mass is 195 g/mol. The Hall–Kier alpha value is -1.36. The summed E-state index contributed by atoms with van der Waals surface area (Å²) < 4.78 is 5.31.